The van der Waals surface area contributed by atoms with Crippen molar-refractivity contribution in [2.75, 3.05) is 0 Å². The Bertz CT molecular complexity index is 1290. The number of nitrogens with zero attached hydrogens (tertiary/aromatic N) is 3. The van der Waals surface area contributed by atoms with Gasteiger partial charge in [0.1, 0.15) is 5.82 Å². The summed E-state index contributed by atoms with van der Waals surface area (Å²) in [5.41, 5.74) is 5.25. The summed E-state index contributed by atoms with van der Waals surface area (Å²) in [6, 6.07) is 12.4. The van der Waals surface area contributed by atoms with E-state index >= 15 is 0 Å². The minimum atomic E-state index is -0.361. The summed E-state index contributed by atoms with van der Waals surface area (Å²) in [4.78, 5) is 12.0. The number of imidazole rings is 1. The summed E-state index contributed by atoms with van der Waals surface area (Å²) in [7, 11) is 0. The Morgan fingerprint density at radius 2 is 1.79 bits per heavy atom. The van der Waals surface area contributed by atoms with Gasteiger partial charge in [0.15, 0.2) is 0 Å². The van der Waals surface area contributed by atoms with Gasteiger partial charge in [-0.3, -0.25) is 10.1 Å². The van der Waals surface area contributed by atoms with E-state index in [1.54, 1.807) is 18.6 Å². The molecule has 0 saturated carbocycles. The maximum atomic E-state index is 14.4. The monoisotopic (exact) mass is 389 g/mol. The Kier molecular flexibility index (Phi) is 3.91. The van der Waals surface area contributed by atoms with Crippen LogP contribution in [0.2, 0.25) is 5.02 Å². The molecule has 3 aromatic heterocycles. The molecule has 3 heterocycles. The van der Waals surface area contributed by atoms with Crippen LogP contribution in [-0.4, -0.2) is 25.1 Å². The van der Waals surface area contributed by atoms with Gasteiger partial charge in [0.05, 0.1) is 29.4 Å². The number of nitrogens with one attached hydrogen (secondary N) is 2. The van der Waals surface area contributed by atoms with Gasteiger partial charge in [0.25, 0.3) is 0 Å². The van der Waals surface area contributed by atoms with Gasteiger partial charge in [0, 0.05) is 45.1 Å². The summed E-state index contributed by atoms with van der Waals surface area (Å²) < 4.78 is 14.4. The van der Waals surface area contributed by atoms with Crippen LogP contribution in [0.1, 0.15) is 0 Å². The predicted octanol–water partition coefficient (Wildman–Crippen LogP) is 5.47. The van der Waals surface area contributed by atoms with Crippen LogP contribution in [0.15, 0.2) is 67.4 Å². The first-order chi connectivity index (χ1) is 13.7. The molecule has 0 fully saturated rings. The van der Waals surface area contributed by atoms with Gasteiger partial charge < -0.3 is 4.98 Å². The maximum Gasteiger partial charge on any atom is 0.132 e. The van der Waals surface area contributed by atoms with Crippen LogP contribution < -0.4 is 0 Å². The molecule has 0 atom stereocenters. The lowest BCUT2D eigenvalue weighted by molar-refractivity contribution is 0.631. The SMILES string of the molecule is Fc1ccc(Cl)cc1-c1[nH]cnc1-c1ccc2ncc(-c3cn[nH]c3)cc2c1. The summed E-state index contributed by atoms with van der Waals surface area (Å²) >= 11 is 6.06. The van der Waals surface area contributed by atoms with Crippen molar-refractivity contribution in [3.63, 3.8) is 0 Å². The fraction of sp³-hybridized carbons (Fsp3) is 0. The molecule has 7 heteroatoms. The van der Waals surface area contributed by atoms with Crippen LogP contribution in [0.5, 0.6) is 0 Å². The second-order valence-electron chi connectivity index (χ2n) is 6.37. The quantitative estimate of drug-likeness (QED) is 0.429. The molecule has 5 nitrogen and oxygen atoms in total. The lowest BCUT2D eigenvalue weighted by Gasteiger charge is -2.07. The Morgan fingerprint density at radius 1 is 0.893 bits per heavy atom. The van der Waals surface area contributed by atoms with Crippen molar-refractivity contribution in [2.45, 2.75) is 0 Å². The summed E-state index contributed by atoms with van der Waals surface area (Å²) in [5, 5.41) is 8.21. The molecule has 0 amide bonds. The lowest BCUT2D eigenvalue weighted by Crippen LogP contribution is -1.89. The van der Waals surface area contributed by atoms with Gasteiger partial charge in [-0.15, -0.1) is 0 Å². The van der Waals surface area contributed by atoms with E-state index in [1.165, 1.54) is 12.1 Å². The zero-order valence-corrected chi connectivity index (χ0v) is 15.2. The standard InChI is InChI=1S/C21H13ClFN5/c22-16-2-3-18(23)17(7-16)21-20(25-11-26-21)12-1-4-19-13(5-12)6-14(8-24-19)15-9-27-28-10-15/h1-11H,(H,25,26)(H,27,28). The number of aromatic amines is 2. The summed E-state index contributed by atoms with van der Waals surface area (Å²) in [6.07, 6.45) is 6.93. The third kappa shape index (κ3) is 2.84. The fourth-order valence-electron chi connectivity index (χ4n) is 3.25. The molecule has 2 N–H and O–H groups in total. The number of aromatic nitrogens is 5. The average molecular weight is 390 g/mol. The van der Waals surface area contributed by atoms with Crippen molar-refractivity contribution in [2.24, 2.45) is 0 Å². The van der Waals surface area contributed by atoms with Crippen LogP contribution in [0, 0.1) is 5.82 Å². The number of fused-ring (bicyclic) bond motifs is 1. The molecule has 0 radical (unpaired) electrons. The van der Waals surface area contributed by atoms with E-state index < -0.39 is 0 Å². The van der Waals surface area contributed by atoms with E-state index in [9.17, 15) is 4.39 Å². The average Bonchev–Trinajstić information content (AvgIpc) is 3.41. The Balaban J connectivity index is 1.64. The Morgan fingerprint density at radius 3 is 2.64 bits per heavy atom. The van der Waals surface area contributed by atoms with Crippen molar-refractivity contribution in [1.82, 2.24) is 25.1 Å². The Labute approximate surface area is 164 Å². The predicted molar refractivity (Wildman–Crippen MR) is 107 cm³/mol. The number of hydrogen-bond acceptors (Lipinski definition) is 3. The van der Waals surface area contributed by atoms with Gasteiger partial charge in [-0.25, -0.2) is 9.37 Å². The van der Waals surface area contributed by atoms with Crippen LogP contribution in [-0.2, 0) is 0 Å². The molecule has 0 unspecified atom stereocenters. The molecule has 136 valence electrons. The number of H-pyrrole nitrogens is 2. The topological polar surface area (TPSA) is 70.2 Å². The molecule has 0 bridgehead atoms. The lowest BCUT2D eigenvalue weighted by atomic mass is 10.0. The zero-order valence-electron chi connectivity index (χ0n) is 14.4. The fourth-order valence-corrected chi connectivity index (χ4v) is 3.43. The molecule has 0 aliphatic carbocycles. The Hall–Kier alpha value is -3.51. The van der Waals surface area contributed by atoms with Crippen molar-refractivity contribution < 1.29 is 4.39 Å². The van der Waals surface area contributed by atoms with E-state index in [1.807, 2.05) is 36.7 Å². The van der Waals surface area contributed by atoms with Crippen LogP contribution >= 0.6 is 11.6 Å². The number of benzene rings is 2. The van der Waals surface area contributed by atoms with Crippen molar-refractivity contribution in [1.29, 1.82) is 0 Å². The second-order valence-corrected chi connectivity index (χ2v) is 6.81. The molecule has 28 heavy (non-hydrogen) atoms. The summed E-state index contributed by atoms with van der Waals surface area (Å²) in [6.45, 7) is 0. The molecule has 5 aromatic rings. The number of hydrogen-bond donors (Lipinski definition) is 2. The van der Waals surface area contributed by atoms with Crippen LogP contribution in [0.3, 0.4) is 0 Å². The first-order valence-corrected chi connectivity index (χ1v) is 8.95. The minimum Gasteiger partial charge on any atom is -0.344 e. The molecular formula is C21H13ClFN5. The van der Waals surface area contributed by atoms with E-state index in [0.717, 1.165) is 27.6 Å². The highest BCUT2D eigenvalue weighted by Crippen LogP contribution is 2.34. The van der Waals surface area contributed by atoms with Crippen molar-refractivity contribution >= 4 is 22.5 Å². The molecule has 2 aromatic carbocycles. The van der Waals surface area contributed by atoms with Gasteiger partial charge in [-0.05, 0) is 36.4 Å². The third-order valence-electron chi connectivity index (χ3n) is 4.62. The van der Waals surface area contributed by atoms with Crippen molar-refractivity contribution in [3.8, 4) is 33.6 Å². The molecular weight excluding hydrogens is 377 g/mol. The second kappa shape index (κ2) is 6.58. The highest BCUT2D eigenvalue weighted by molar-refractivity contribution is 6.30. The molecule has 0 aliphatic rings. The normalized spacial score (nSPS) is 11.2. The smallest absolute Gasteiger partial charge is 0.132 e. The van der Waals surface area contributed by atoms with Crippen LogP contribution in [0.4, 0.5) is 4.39 Å². The number of rotatable bonds is 3. The minimum absolute atomic E-state index is 0.361. The van der Waals surface area contributed by atoms with E-state index in [-0.39, 0.29) is 5.82 Å². The molecule has 0 aliphatic heterocycles. The largest absolute Gasteiger partial charge is 0.344 e. The van der Waals surface area contributed by atoms with Crippen LogP contribution in [0.25, 0.3) is 44.5 Å². The zero-order chi connectivity index (χ0) is 19.1. The first kappa shape index (κ1) is 16.6. The van der Waals surface area contributed by atoms with E-state index in [0.29, 0.717) is 22.0 Å². The molecule has 0 spiro atoms. The number of pyridine rings is 1. The first-order valence-electron chi connectivity index (χ1n) is 8.57. The van der Waals surface area contributed by atoms with Gasteiger partial charge in [-0.1, -0.05) is 17.7 Å². The summed E-state index contributed by atoms with van der Waals surface area (Å²) in [5.74, 6) is -0.361. The van der Waals surface area contributed by atoms with Gasteiger partial charge in [0.2, 0.25) is 0 Å². The molecule has 0 saturated heterocycles. The highest BCUT2D eigenvalue weighted by atomic mass is 35.5. The van der Waals surface area contributed by atoms with Crippen molar-refractivity contribution in [3.05, 3.63) is 78.2 Å². The van der Waals surface area contributed by atoms with Gasteiger partial charge >= 0.3 is 0 Å². The van der Waals surface area contributed by atoms with E-state index in [4.69, 9.17) is 11.6 Å². The number of halogens is 2. The van der Waals surface area contributed by atoms with Gasteiger partial charge in [-0.2, -0.15) is 5.10 Å². The maximum absolute atomic E-state index is 14.4. The highest BCUT2D eigenvalue weighted by Gasteiger charge is 2.15. The third-order valence-corrected chi connectivity index (χ3v) is 4.86. The van der Waals surface area contributed by atoms with E-state index in [2.05, 4.69) is 25.1 Å². The molecule has 5 rings (SSSR count).